The molecule has 2 aromatic heterocycles. The smallest absolute Gasteiger partial charge is 0.241 e. The van der Waals surface area contributed by atoms with Gasteiger partial charge in [0.1, 0.15) is 11.5 Å². The van der Waals surface area contributed by atoms with Gasteiger partial charge in [0.25, 0.3) is 0 Å². The second kappa shape index (κ2) is 7.66. The predicted molar refractivity (Wildman–Crippen MR) is 90.0 cm³/mol. The molecule has 0 unspecified atom stereocenters. The van der Waals surface area contributed by atoms with Crippen molar-refractivity contribution in [3.63, 3.8) is 0 Å². The zero-order valence-electron chi connectivity index (χ0n) is 14.3. The summed E-state index contributed by atoms with van der Waals surface area (Å²) in [6, 6.07) is 5.61. The maximum absolute atomic E-state index is 12.3. The topological polar surface area (TPSA) is 72.1 Å². The Morgan fingerprint density at radius 2 is 2.29 bits per heavy atom. The van der Waals surface area contributed by atoms with E-state index >= 15 is 0 Å². The lowest BCUT2D eigenvalue weighted by atomic mass is 9.89. The molecule has 0 spiro atoms. The number of hydrogen-bond donors (Lipinski definition) is 0. The Hall–Kier alpha value is -2.08. The lowest BCUT2D eigenvalue weighted by molar-refractivity contribution is -0.125. The molecule has 3 heterocycles. The summed E-state index contributed by atoms with van der Waals surface area (Å²) in [6.07, 6.45) is 4.41. The van der Waals surface area contributed by atoms with Crippen LogP contribution in [0.15, 0.2) is 28.9 Å². The van der Waals surface area contributed by atoms with Crippen LogP contribution in [-0.2, 0) is 11.3 Å². The van der Waals surface area contributed by atoms with Crippen molar-refractivity contribution in [3.8, 4) is 11.5 Å². The largest absolute Gasteiger partial charge is 0.337 e. The van der Waals surface area contributed by atoms with Crippen LogP contribution in [0.25, 0.3) is 11.5 Å². The molecule has 0 radical (unpaired) electrons. The van der Waals surface area contributed by atoms with E-state index in [0.29, 0.717) is 42.1 Å². The first-order valence-corrected chi connectivity index (χ1v) is 8.61. The Bertz CT molecular complexity index is 669. The Morgan fingerprint density at radius 3 is 3.04 bits per heavy atom. The summed E-state index contributed by atoms with van der Waals surface area (Å²) in [4.78, 5) is 23.2. The lowest BCUT2D eigenvalue weighted by Gasteiger charge is -2.31. The predicted octanol–water partition coefficient (Wildman–Crippen LogP) is 2.96. The molecule has 6 nitrogen and oxygen atoms in total. The van der Waals surface area contributed by atoms with E-state index < -0.39 is 0 Å². The van der Waals surface area contributed by atoms with E-state index in [9.17, 15) is 4.79 Å². The van der Waals surface area contributed by atoms with Gasteiger partial charge in [0, 0.05) is 25.1 Å². The van der Waals surface area contributed by atoms with Crippen molar-refractivity contribution in [2.75, 3.05) is 13.1 Å². The molecule has 6 heteroatoms. The Kier molecular flexibility index (Phi) is 5.35. The number of aromatic nitrogens is 3. The van der Waals surface area contributed by atoms with Crippen LogP contribution in [0.4, 0.5) is 0 Å². The zero-order valence-corrected chi connectivity index (χ0v) is 14.3. The van der Waals surface area contributed by atoms with E-state index in [1.165, 1.54) is 0 Å². The second-order valence-electron chi connectivity index (χ2n) is 6.87. The standard InChI is InChI=1S/C18H24N4O2/c1-13(2)10-16(23)14-6-5-9-22(11-14)12-17-20-18(21-24-17)15-7-3-4-8-19-15/h3-4,7-8,13-14H,5-6,9-12H2,1-2H3/t14-/m0/s1. The number of pyridine rings is 1. The van der Waals surface area contributed by atoms with Crippen molar-refractivity contribution >= 4 is 5.78 Å². The summed E-state index contributed by atoms with van der Waals surface area (Å²) in [7, 11) is 0. The molecule has 1 aliphatic heterocycles. The SMILES string of the molecule is CC(C)CC(=O)[C@H]1CCCN(Cc2nc(-c3ccccn3)no2)C1. The first-order valence-electron chi connectivity index (χ1n) is 8.61. The fourth-order valence-electron chi connectivity index (χ4n) is 3.14. The fourth-order valence-corrected chi connectivity index (χ4v) is 3.14. The molecule has 1 saturated heterocycles. The van der Waals surface area contributed by atoms with Crippen molar-refractivity contribution in [1.29, 1.82) is 0 Å². The highest BCUT2D eigenvalue weighted by molar-refractivity contribution is 5.81. The number of likely N-dealkylation sites (tertiary alicyclic amines) is 1. The minimum Gasteiger partial charge on any atom is -0.337 e. The van der Waals surface area contributed by atoms with Gasteiger partial charge in [0.2, 0.25) is 11.7 Å². The van der Waals surface area contributed by atoms with Gasteiger partial charge in [-0.05, 0) is 37.4 Å². The van der Waals surface area contributed by atoms with E-state index in [1.807, 2.05) is 18.2 Å². The molecule has 0 amide bonds. The lowest BCUT2D eigenvalue weighted by Crippen LogP contribution is -2.38. The fraction of sp³-hybridized carbons (Fsp3) is 0.556. The van der Waals surface area contributed by atoms with Gasteiger partial charge < -0.3 is 4.52 Å². The van der Waals surface area contributed by atoms with E-state index in [1.54, 1.807) is 6.20 Å². The Labute approximate surface area is 142 Å². The molecule has 0 aliphatic carbocycles. The zero-order chi connectivity index (χ0) is 16.9. The minimum atomic E-state index is 0.138. The van der Waals surface area contributed by atoms with Crippen molar-refractivity contribution in [2.24, 2.45) is 11.8 Å². The minimum absolute atomic E-state index is 0.138. The summed E-state index contributed by atoms with van der Waals surface area (Å²) in [5.74, 6) is 2.03. The summed E-state index contributed by atoms with van der Waals surface area (Å²) in [6.45, 7) is 6.52. The third-order valence-corrected chi connectivity index (χ3v) is 4.29. The van der Waals surface area contributed by atoms with E-state index in [-0.39, 0.29) is 5.92 Å². The van der Waals surface area contributed by atoms with Gasteiger partial charge in [-0.15, -0.1) is 0 Å². The Balaban J connectivity index is 1.60. The van der Waals surface area contributed by atoms with Crippen LogP contribution in [0.3, 0.4) is 0 Å². The molecule has 0 N–H and O–H groups in total. The average Bonchev–Trinajstić information content (AvgIpc) is 3.04. The molecule has 1 atom stereocenters. The summed E-state index contributed by atoms with van der Waals surface area (Å²) >= 11 is 0. The molecule has 24 heavy (non-hydrogen) atoms. The van der Waals surface area contributed by atoms with Crippen molar-refractivity contribution < 1.29 is 9.32 Å². The highest BCUT2D eigenvalue weighted by atomic mass is 16.5. The van der Waals surface area contributed by atoms with Crippen LogP contribution in [0.2, 0.25) is 0 Å². The van der Waals surface area contributed by atoms with E-state index in [2.05, 4.69) is 33.9 Å². The summed E-state index contributed by atoms with van der Waals surface area (Å²) < 4.78 is 5.35. The maximum atomic E-state index is 12.3. The number of rotatable bonds is 6. The van der Waals surface area contributed by atoms with E-state index in [0.717, 1.165) is 25.9 Å². The number of piperidine rings is 1. The third kappa shape index (κ3) is 4.26. The molecule has 0 saturated carbocycles. The van der Waals surface area contributed by atoms with Crippen LogP contribution in [0, 0.1) is 11.8 Å². The van der Waals surface area contributed by atoms with Crippen LogP contribution in [-0.4, -0.2) is 38.9 Å². The highest BCUT2D eigenvalue weighted by Crippen LogP contribution is 2.22. The van der Waals surface area contributed by atoms with Crippen LogP contribution in [0.1, 0.15) is 39.0 Å². The van der Waals surface area contributed by atoms with Gasteiger partial charge in [-0.2, -0.15) is 4.98 Å². The molecule has 0 aromatic carbocycles. The molecule has 0 bridgehead atoms. The molecule has 3 rings (SSSR count). The van der Waals surface area contributed by atoms with Gasteiger partial charge in [0.15, 0.2) is 0 Å². The van der Waals surface area contributed by atoms with Crippen molar-refractivity contribution in [2.45, 2.75) is 39.7 Å². The average molecular weight is 328 g/mol. The normalized spacial score (nSPS) is 18.9. The van der Waals surface area contributed by atoms with Gasteiger partial charge in [-0.3, -0.25) is 14.7 Å². The quantitative estimate of drug-likeness (QED) is 0.812. The van der Waals surface area contributed by atoms with Gasteiger partial charge >= 0.3 is 0 Å². The van der Waals surface area contributed by atoms with Crippen molar-refractivity contribution in [3.05, 3.63) is 30.3 Å². The van der Waals surface area contributed by atoms with Crippen LogP contribution >= 0.6 is 0 Å². The molecular weight excluding hydrogens is 304 g/mol. The number of carbonyl (C=O) groups excluding carboxylic acids is 1. The van der Waals surface area contributed by atoms with Gasteiger partial charge in [-0.1, -0.05) is 25.1 Å². The number of ketones is 1. The number of nitrogens with zero attached hydrogens (tertiary/aromatic N) is 4. The summed E-state index contributed by atoms with van der Waals surface area (Å²) in [5, 5.41) is 4.00. The molecular formula is C18H24N4O2. The van der Waals surface area contributed by atoms with Gasteiger partial charge in [0.05, 0.1) is 6.54 Å². The summed E-state index contributed by atoms with van der Waals surface area (Å²) in [5.41, 5.74) is 0.705. The highest BCUT2D eigenvalue weighted by Gasteiger charge is 2.27. The Morgan fingerprint density at radius 1 is 1.42 bits per heavy atom. The van der Waals surface area contributed by atoms with Crippen molar-refractivity contribution in [1.82, 2.24) is 20.0 Å². The second-order valence-corrected chi connectivity index (χ2v) is 6.87. The number of Topliss-reactive ketones (excluding diaryl/α,β-unsaturated/α-hetero) is 1. The monoisotopic (exact) mass is 328 g/mol. The molecule has 1 aliphatic rings. The van der Waals surface area contributed by atoms with Crippen LogP contribution < -0.4 is 0 Å². The van der Waals surface area contributed by atoms with E-state index in [4.69, 9.17) is 4.52 Å². The third-order valence-electron chi connectivity index (χ3n) is 4.29. The first kappa shape index (κ1) is 16.8. The maximum Gasteiger partial charge on any atom is 0.241 e. The van der Waals surface area contributed by atoms with Gasteiger partial charge in [-0.25, -0.2) is 0 Å². The number of hydrogen-bond acceptors (Lipinski definition) is 6. The van der Waals surface area contributed by atoms with Crippen LogP contribution in [0.5, 0.6) is 0 Å². The molecule has 128 valence electrons. The molecule has 2 aromatic rings. The number of carbonyl (C=O) groups is 1. The first-order chi connectivity index (χ1) is 11.6. The molecule has 1 fully saturated rings.